The van der Waals surface area contributed by atoms with E-state index in [1.807, 2.05) is 54.6 Å². The molecule has 0 atom stereocenters. The highest BCUT2D eigenvalue weighted by Gasteiger charge is 2.12. The number of carbonyl (C=O) groups excluding carboxylic acids is 1. The highest BCUT2D eigenvalue weighted by atomic mass is 16.4. The van der Waals surface area contributed by atoms with Gasteiger partial charge in [-0.1, -0.05) is 30.3 Å². The number of rotatable bonds is 6. The molecule has 4 rings (SSSR count). The van der Waals surface area contributed by atoms with Gasteiger partial charge in [0.05, 0.1) is 6.26 Å². The third-order valence-electron chi connectivity index (χ3n) is 4.06. The average Bonchev–Trinajstić information content (AvgIpc) is 3.39. The third kappa shape index (κ3) is 4.12. The summed E-state index contributed by atoms with van der Waals surface area (Å²) in [4.78, 5) is 12.1. The number of benzene rings is 2. The number of amides is 1. The second kappa shape index (κ2) is 7.70. The first-order valence-electron chi connectivity index (χ1n) is 8.59. The van der Waals surface area contributed by atoms with E-state index in [0.717, 1.165) is 16.8 Å². The molecule has 1 amide bonds. The van der Waals surface area contributed by atoms with Crippen molar-refractivity contribution in [2.45, 2.75) is 12.8 Å². The Bertz CT molecular complexity index is 1010. The number of nitrogens with one attached hydrogen (secondary N) is 1. The van der Waals surface area contributed by atoms with Gasteiger partial charge in [0.2, 0.25) is 11.8 Å². The zero-order chi connectivity index (χ0) is 18.5. The number of hydrogen-bond donors (Lipinski definition) is 1. The van der Waals surface area contributed by atoms with E-state index in [1.165, 1.54) is 0 Å². The SMILES string of the molecule is O=C(CCc1ccccc1)Nc1ccc(-c2nnc(-c3ccco3)o2)cc1. The van der Waals surface area contributed by atoms with E-state index in [4.69, 9.17) is 8.83 Å². The lowest BCUT2D eigenvalue weighted by Gasteiger charge is -2.06. The molecule has 134 valence electrons. The summed E-state index contributed by atoms with van der Waals surface area (Å²) in [6.07, 6.45) is 2.69. The number of nitrogens with zero attached hydrogens (tertiary/aromatic N) is 2. The van der Waals surface area contributed by atoms with Crippen molar-refractivity contribution >= 4 is 11.6 Å². The normalized spacial score (nSPS) is 10.7. The number of carbonyl (C=O) groups is 1. The molecular weight excluding hydrogens is 342 g/mol. The summed E-state index contributed by atoms with van der Waals surface area (Å²) in [5, 5.41) is 10.9. The number of furan rings is 1. The van der Waals surface area contributed by atoms with E-state index in [0.29, 0.717) is 30.4 Å². The molecular formula is C21H17N3O3. The molecule has 0 aliphatic heterocycles. The third-order valence-corrected chi connectivity index (χ3v) is 4.06. The Balaban J connectivity index is 1.37. The molecule has 6 nitrogen and oxygen atoms in total. The maximum absolute atomic E-state index is 12.1. The molecule has 0 radical (unpaired) electrons. The van der Waals surface area contributed by atoms with Crippen molar-refractivity contribution in [1.29, 1.82) is 0 Å². The van der Waals surface area contributed by atoms with Gasteiger partial charge >= 0.3 is 0 Å². The lowest BCUT2D eigenvalue weighted by atomic mass is 10.1. The van der Waals surface area contributed by atoms with E-state index in [2.05, 4.69) is 15.5 Å². The molecule has 0 saturated heterocycles. The molecule has 2 aromatic carbocycles. The summed E-state index contributed by atoms with van der Waals surface area (Å²) in [6.45, 7) is 0. The number of anilines is 1. The molecule has 0 spiro atoms. The van der Waals surface area contributed by atoms with Crippen LogP contribution in [-0.2, 0) is 11.2 Å². The van der Waals surface area contributed by atoms with Crippen LogP contribution in [0.25, 0.3) is 23.1 Å². The van der Waals surface area contributed by atoms with Gasteiger partial charge in [0.1, 0.15) is 0 Å². The van der Waals surface area contributed by atoms with Crippen molar-refractivity contribution in [2.24, 2.45) is 0 Å². The van der Waals surface area contributed by atoms with Crippen LogP contribution in [0.4, 0.5) is 5.69 Å². The fourth-order valence-corrected chi connectivity index (χ4v) is 2.66. The van der Waals surface area contributed by atoms with E-state index in [-0.39, 0.29) is 5.91 Å². The van der Waals surface area contributed by atoms with Gasteiger partial charge in [0.15, 0.2) is 5.76 Å². The van der Waals surface area contributed by atoms with Crippen molar-refractivity contribution in [1.82, 2.24) is 10.2 Å². The minimum absolute atomic E-state index is 0.0236. The predicted octanol–water partition coefficient (Wildman–Crippen LogP) is 4.57. The molecule has 0 aliphatic rings. The smallest absolute Gasteiger partial charge is 0.283 e. The Morgan fingerprint density at radius 3 is 2.41 bits per heavy atom. The van der Waals surface area contributed by atoms with E-state index in [1.54, 1.807) is 18.4 Å². The van der Waals surface area contributed by atoms with Gasteiger partial charge in [-0.2, -0.15) is 0 Å². The minimum atomic E-state index is -0.0236. The standard InChI is InChI=1S/C21H17N3O3/c25-19(13-8-15-5-2-1-3-6-15)22-17-11-9-16(10-12-17)20-23-24-21(27-20)18-7-4-14-26-18/h1-7,9-12,14H,8,13H2,(H,22,25). The van der Waals surface area contributed by atoms with Crippen molar-refractivity contribution < 1.29 is 13.6 Å². The van der Waals surface area contributed by atoms with E-state index >= 15 is 0 Å². The molecule has 0 bridgehead atoms. The average molecular weight is 359 g/mol. The van der Waals surface area contributed by atoms with Crippen LogP contribution in [0.2, 0.25) is 0 Å². The Morgan fingerprint density at radius 2 is 1.67 bits per heavy atom. The van der Waals surface area contributed by atoms with Gasteiger partial charge in [-0.15, -0.1) is 10.2 Å². The second-order valence-corrected chi connectivity index (χ2v) is 6.00. The molecule has 27 heavy (non-hydrogen) atoms. The summed E-state index contributed by atoms with van der Waals surface area (Å²) >= 11 is 0. The van der Waals surface area contributed by atoms with Crippen molar-refractivity contribution in [3.05, 3.63) is 78.6 Å². The first kappa shape index (κ1) is 16.8. The highest BCUT2D eigenvalue weighted by Crippen LogP contribution is 2.25. The molecule has 1 N–H and O–H groups in total. The first-order valence-corrected chi connectivity index (χ1v) is 8.59. The van der Waals surface area contributed by atoms with Crippen LogP contribution in [0.15, 0.2) is 81.8 Å². The van der Waals surface area contributed by atoms with Gasteiger partial charge in [-0.25, -0.2) is 0 Å². The van der Waals surface area contributed by atoms with Crippen LogP contribution >= 0.6 is 0 Å². The zero-order valence-corrected chi connectivity index (χ0v) is 14.5. The van der Waals surface area contributed by atoms with Crippen LogP contribution in [0.3, 0.4) is 0 Å². The van der Waals surface area contributed by atoms with Gasteiger partial charge in [0, 0.05) is 17.7 Å². The zero-order valence-electron chi connectivity index (χ0n) is 14.5. The number of hydrogen-bond acceptors (Lipinski definition) is 5. The minimum Gasteiger partial charge on any atom is -0.459 e. The molecule has 0 saturated carbocycles. The maximum Gasteiger partial charge on any atom is 0.283 e. The van der Waals surface area contributed by atoms with Crippen LogP contribution < -0.4 is 5.32 Å². The quantitative estimate of drug-likeness (QED) is 0.545. The number of aryl methyl sites for hydroxylation is 1. The molecule has 0 fully saturated rings. The summed E-state index contributed by atoms with van der Waals surface area (Å²) in [7, 11) is 0. The monoisotopic (exact) mass is 359 g/mol. The lowest BCUT2D eigenvalue weighted by molar-refractivity contribution is -0.116. The molecule has 0 unspecified atom stereocenters. The number of aromatic nitrogens is 2. The first-order chi connectivity index (χ1) is 13.3. The Hall–Kier alpha value is -3.67. The van der Waals surface area contributed by atoms with Crippen molar-refractivity contribution in [3.8, 4) is 23.1 Å². The maximum atomic E-state index is 12.1. The van der Waals surface area contributed by atoms with Crippen LogP contribution in [0.5, 0.6) is 0 Å². The molecule has 6 heteroatoms. The lowest BCUT2D eigenvalue weighted by Crippen LogP contribution is -2.12. The molecule has 2 aromatic heterocycles. The van der Waals surface area contributed by atoms with Crippen molar-refractivity contribution in [2.75, 3.05) is 5.32 Å². The van der Waals surface area contributed by atoms with Gasteiger partial charge in [0.25, 0.3) is 5.89 Å². The Morgan fingerprint density at radius 1 is 0.889 bits per heavy atom. The van der Waals surface area contributed by atoms with Gasteiger partial charge in [-0.05, 0) is 48.4 Å². The Kier molecular flexibility index (Phi) is 4.78. The molecule has 0 aliphatic carbocycles. The van der Waals surface area contributed by atoms with Gasteiger partial charge < -0.3 is 14.2 Å². The fraction of sp³-hybridized carbons (Fsp3) is 0.0952. The largest absolute Gasteiger partial charge is 0.459 e. The highest BCUT2D eigenvalue weighted by molar-refractivity contribution is 5.91. The van der Waals surface area contributed by atoms with Crippen LogP contribution in [-0.4, -0.2) is 16.1 Å². The van der Waals surface area contributed by atoms with Gasteiger partial charge in [-0.3, -0.25) is 4.79 Å². The summed E-state index contributed by atoms with van der Waals surface area (Å²) in [5.41, 5.74) is 2.64. The van der Waals surface area contributed by atoms with Crippen molar-refractivity contribution in [3.63, 3.8) is 0 Å². The summed E-state index contributed by atoms with van der Waals surface area (Å²) < 4.78 is 10.9. The predicted molar refractivity (Wildman–Crippen MR) is 101 cm³/mol. The summed E-state index contributed by atoms with van der Waals surface area (Å²) in [6, 6.07) is 20.7. The topological polar surface area (TPSA) is 81.2 Å². The second-order valence-electron chi connectivity index (χ2n) is 6.00. The Labute approximate surface area is 155 Å². The summed E-state index contributed by atoms with van der Waals surface area (Å²) in [5.74, 6) is 1.22. The fourth-order valence-electron chi connectivity index (χ4n) is 2.66. The van der Waals surface area contributed by atoms with Crippen LogP contribution in [0.1, 0.15) is 12.0 Å². The molecule has 4 aromatic rings. The van der Waals surface area contributed by atoms with Crippen LogP contribution in [0, 0.1) is 0 Å². The molecule has 2 heterocycles. The van der Waals surface area contributed by atoms with E-state index < -0.39 is 0 Å². The van der Waals surface area contributed by atoms with E-state index in [9.17, 15) is 4.79 Å².